The maximum absolute atomic E-state index is 12.2. The number of carbonyl (C=O) groups is 2. The summed E-state index contributed by atoms with van der Waals surface area (Å²) < 4.78 is 41.0. The summed E-state index contributed by atoms with van der Waals surface area (Å²) in [6.45, 7) is 1.26. The molecule has 0 amide bonds. The third kappa shape index (κ3) is 1.78. The van der Waals surface area contributed by atoms with E-state index in [0.717, 1.165) is 0 Å². The molecule has 1 N–H and O–H groups in total. The van der Waals surface area contributed by atoms with Gasteiger partial charge in [-0.05, 0) is 13.3 Å². The van der Waals surface area contributed by atoms with Crippen LogP contribution in [-0.2, 0) is 14.3 Å². The van der Waals surface area contributed by atoms with Crippen molar-refractivity contribution >= 4 is 11.9 Å². The highest BCUT2D eigenvalue weighted by Gasteiger charge is 2.76. The maximum Gasteiger partial charge on any atom is 0.393 e. The van der Waals surface area contributed by atoms with Gasteiger partial charge in [0.25, 0.3) is 0 Å². The summed E-state index contributed by atoms with van der Waals surface area (Å²) in [6, 6.07) is 0. The lowest BCUT2D eigenvalue weighted by atomic mass is 10.0. The van der Waals surface area contributed by atoms with Gasteiger partial charge in [-0.3, -0.25) is 9.59 Å². The van der Waals surface area contributed by atoms with Crippen LogP contribution in [0.1, 0.15) is 13.3 Å². The molecule has 0 unspecified atom stereocenters. The summed E-state index contributed by atoms with van der Waals surface area (Å²) in [6.07, 6.45) is -5.41. The molecule has 1 aliphatic carbocycles. The molecule has 0 aromatic rings. The van der Waals surface area contributed by atoms with Gasteiger partial charge in [0.1, 0.15) is 0 Å². The van der Waals surface area contributed by atoms with E-state index in [1.54, 1.807) is 0 Å². The minimum Gasteiger partial charge on any atom is -0.480 e. The van der Waals surface area contributed by atoms with Crippen LogP contribution in [0.3, 0.4) is 0 Å². The number of carboxylic acids is 1. The van der Waals surface area contributed by atoms with E-state index < -0.39 is 35.9 Å². The normalized spacial score (nSPS) is 29.7. The first-order chi connectivity index (χ1) is 6.76. The standard InChI is InChI=1S/C8H9F3O4/c1-2-15-6(14)7(5(12)13)3-4(7)8(9,10)11/h4H,2-3H2,1H3,(H,12,13)/t4-,7+/m0/s1. The fourth-order valence-electron chi connectivity index (χ4n) is 1.47. The first-order valence-electron chi connectivity index (χ1n) is 4.24. The second-order valence-electron chi connectivity index (χ2n) is 3.30. The fourth-order valence-corrected chi connectivity index (χ4v) is 1.47. The number of halogens is 3. The van der Waals surface area contributed by atoms with Gasteiger partial charge in [0.2, 0.25) is 0 Å². The minimum absolute atomic E-state index is 0.140. The lowest BCUT2D eigenvalue weighted by Crippen LogP contribution is -2.33. The largest absolute Gasteiger partial charge is 0.480 e. The van der Waals surface area contributed by atoms with Gasteiger partial charge in [0.05, 0.1) is 12.5 Å². The van der Waals surface area contributed by atoms with Gasteiger partial charge in [-0.2, -0.15) is 13.2 Å². The number of rotatable bonds is 3. The van der Waals surface area contributed by atoms with E-state index in [1.807, 2.05) is 0 Å². The number of carboxylic acid groups (broad SMARTS) is 1. The number of hydrogen-bond acceptors (Lipinski definition) is 3. The zero-order valence-electron chi connectivity index (χ0n) is 7.80. The van der Waals surface area contributed by atoms with Crippen LogP contribution in [0.2, 0.25) is 0 Å². The molecule has 15 heavy (non-hydrogen) atoms. The van der Waals surface area contributed by atoms with Gasteiger partial charge in [0.15, 0.2) is 5.41 Å². The Morgan fingerprint density at radius 3 is 2.33 bits per heavy atom. The van der Waals surface area contributed by atoms with Crippen molar-refractivity contribution in [2.24, 2.45) is 11.3 Å². The lowest BCUT2D eigenvalue weighted by Gasteiger charge is -2.12. The number of aliphatic carboxylic acids is 1. The van der Waals surface area contributed by atoms with Gasteiger partial charge >= 0.3 is 18.1 Å². The fraction of sp³-hybridized carbons (Fsp3) is 0.750. The Hall–Kier alpha value is -1.27. The van der Waals surface area contributed by atoms with Crippen LogP contribution >= 0.6 is 0 Å². The molecule has 1 aliphatic rings. The second kappa shape index (κ2) is 3.39. The molecule has 1 fully saturated rings. The molecule has 0 saturated heterocycles. The second-order valence-corrected chi connectivity index (χ2v) is 3.30. The molecule has 0 heterocycles. The van der Waals surface area contributed by atoms with E-state index in [1.165, 1.54) is 6.92 Å². The smallest absolute Gasteiger partial charge is 0.393 e. The number of carbonyl (C=O) groups excluding carboxylic acids is 1. The minimum atomic E-state index is -4.68. The number of ether oxygens (including phenoxy) is 1. The molecule has 1 rings (SSSR count). The molecule has 0 aromatic heterocycles. The predicted molar refractivity (Wildman–Crippen MR) is 40.9 cm³/mol. The van der Waals surface area contributed by atoms with Crippen LogP contribution in [0.15, 0.2) is 0 Å². The molecule has 0 bridgehead atoms. The van der Waals surface area contributed by atoms with Gasteiger partial charge in [-0.15, -0.1) is 0 Å². The van der Waals surface area contributed by atoms with Crippen LogP contribution in [0.25, 0.3) is 0 Å². The molecular formula is C8H9F3O4. The lowest BCUT2D eigenvalue weighted by molar-refractivity contribution is -0.180. The Labute approximate surface area is 83.0 Å². The zero-order valence-corrected chi connectivity index (χ0v) is 7.80. The quantitative estimate of drug-likeness (QED) is 0.580. The number of alkyl halides is 3. The molecule has 2 atom stereocenters. The molecule has 0 spiro atoms. The van der Waals surface area contributed by atoms with E-state index in [4.69, 9.17) is 5.11 Å². The predicted octanol–water partition coefficient (Wildman–Crippen LogP) is 1.20. The molecule has 0 aromatic carbocycles. The Morgan fingerprint density at radius 2 is 2.07 bits per heavy atom. The van der Waals surface area contributed by atoms with Crippen molar-refractivity contribution in [2.75, 3.05) is 6.61 Å². The van der Waals surface area contributed by atoms with Crippen molar-refractivity contribution in [3.8, 4) is 0 Å². The van der Waals surface area contributed by atoms with Crippen LogP contribution < -0.4 is 0 Å². The molecule has 0 radical (unpaired) electrons. The van der Waals surface area contributed by atoms with Crippen molar-refractivity contribution < 1.29 is 32.6 Å². The summed E-state index contributed by atoms with van der Waals surface area (Å²) in [7, 11) is 0. The summed E-state index contributed by atoms with van der Waals surface area (Å²) in [5.41, 5.74) is -2.41. The third-order valence-electron chi connectivity index (χ3n) is 2.38. The zero-order chi connectivity index (χ0) is 11.9. The van der Waals surface area contributed by atoms with Crippen molar-refractivity contribution in [2.45, 2.75) is 19.5 Å². The molecule has 7 heteroatoms. The molecule has 0 aliphatic heterocycles. The summed E-state index contributed by atoms with van der Waals surface area (Å²) >= 11 is 0. The summed E-state index contributed by atoms with van der Waals surface area (Å²) in [5.74, 6) is -5.20. The van der Waals surface area contributed by atoms with Crippen LogP contribution in [0, 0.1) is 11.3 Å². The van der Waals surface area contributed by atoms with Gasteiger partial charge in [0, 0.05) is 0 Å². The van der Waals surface area contributed by atoms with E-state index >= 15 is 0 Å². The topological polar surface area (TPSA) is 63.6 Å². The first kappa shape index (κ1) is 11.8. The Morgan fingerprint density at radius 1 is 1.53 bits per heavy atom. The molecule has 86 valence electrons. The van der Waals surface area contributed by atoms with E-state index in [9.17, 15) is 22.8 Å². The van der Waals surface area contributed by atoms with Gasteiger partial charge in [-0.25, -0.2) is 0 Å². The van der Waals surface area contributed by atoms with Crippen molar-refractivity contribution in [1.29, 1.82) is 0 Å². The van der Waals surface area contributed by atoms with Gasteiger partial charge in [-0.1, -0.05) is 0 Å². The summed E-state index contributed by atoms with van der Waals surface area (Å²) in [5, 5.41) is 8.63. The van der Waals surface area contributed by atoms with E-state index in [2.05, 4.69) is 4.74 Å². The molecule has 1 saturated carbocycles. The summed E-state index contributed by atoms with van der Waals surface area (Å²) in [4.78, 5) is 21.8. The Bertz CT molecular complexity index is 299. The highest BCUT2D eigenvalue weighted by molar-refractivity contribution is 6.03. The SMILES string of the molecule is CCOC(=O)[C@]1(C(=O)O)C[C@@H]1C(F)(F)F. The highest BCUT2D eigenvalue weighted by Crippen LogP contribution is 2.61. The molecular weight excluding hydrogens is 217 g/mol. The number of hydrogen-bond donors (Lipinski definition) is 1. The van der Waals surface area contributed by atoms with Gasteiger partial charge < -0.3 is 9.84 Å². The monoisotopic (exact) mass is 226 g/mol. The first-order valence-corrected chi connectivity index (χ1v) is 4.24. The third-order valence-corrected chi connectivity index (χ3v) is 2.38. The molecule has 4 nitrogen and oxygen atoms in total. The van der Waals surface area contributed by atoms with E-state index in [-0.39, 0.29) is 6.61 Å². The maximum atomic E-state index is 12.2. The van der Waals surface area contributed by atoms with Crippen LogP contribution in [-0.4, -0.2) is 29.8 Å². The Balaban J connectivity index is 2.88. The van der Waals surface area contributed by atoms with Crippen molar-refractivity contribution in [1.82, 2.24) is 0 Å². The highest BCUT2D eigenvalue weighted by atomic mass is 19.4. The van der Waals surface area contributed by atoms with E-state index in [0.29, 0.717) is 0 Å². The van der Waals surface area contributed by atoms with Crippen LogP contribution in [0.4, 0.5) is 13.2 Å². The van der Waals surface area contributed by atoms with Crippen LogP contribution in [0.5, 0.6) is 0 Å². The Kier molecular flexibility index (Phi) is 2.67. The number of esters is 1. The average molecular weight is 226 g/mol. The van der Waals surface area contributed by atoms with Crippen molar-refractivity contribution in [3.63, 3.8) is 0 Å². The average Bonchev–Trinajstić information content (AvgIpc) is 2.78. The van der Waals surface area contributed by atoms with Crippen molar-refractivity contribution in [3.05, 3.63) is 0 Å².